The van der Waals surface area contributed by atoms with Crippen molar-refractivity contribution in [3.05, 3.63) is 63.7 Å². The number of carbonyl (C=O) groups excluding carboxylic acids is 2. The number of hydrogen-bond donors (Lipinski definition) is 1. The molecule has 8 heteroatoms. The third-order valence-corrected chi connectivity index (χ3v) is 3.62. The molecule has 2 aromatic rings. The Morgan fingerprint density at radius 2 is 1.92 bits per heavy atom. The van der Waals surface area contributed by atoms with Crippen molar-refractivity contribution >= 4 is 28.9 Å². The Bertz CT molecular complexity index is 848. The van der Waals surface area contributed by atoms with Crippen molar-refractivity contribution in [3.8, 4) is 0 Å². The monoisotopic (exact) mass is 357 g/mol. The van der Waals surface area contributed by atoms with Crippen LogP contribution < -0.4 is 10.2 Å². The molecule has 0 atom stereocenters. The summed E-state index contributed by atoms with van der Waals surface area (Å²) in [6.45, 7) is 1.11. The van der Waals surface area contributed by atoms with E-state index in [4.69, 9.17) is 4.74 Å². The highest BCUT2D eigenvalue weighted by molar-refractivity contribution is 5.96. The van der Waals surface area contributed by atoms with Crippen LogP contribution in [0.2, 0.25) is 0 Å². The molecule has 2 rings (SSSR count). The molecule has 0 aliphatic carbocycles. The fourth-order valence-electron chi connectivity index (χ4n) is 2.21. The molecular weight excluding hydrogens is 338 g/mol. The molecule has 2 aromatic carbocycles. The summed E-state index contributed by atoms with van der Waals surface area (Å²) >= 11 is 0. The number of nitro groups is 1. The summed E-state index contributed by atoms with van der Waals surface area (Å²) < 4.78 is 4.99. The first-order valence-electron chi connectivity index (χ1n) is 7.77. The number of hydrogen-bond acceptors (Lipinski definition) is 6. The predicted molar refractivity (Wildman–Crippen MR) is 97.5 cm³/mol. The molecule has 0 aliphatic heterocycles. The number of benzene rings is 2. The number of carbonyl (C=O) groups is 2. The molecule has 26 heavy (non-hydrogen) atoms. The largest absolute Gasteiger partial charge is 0.452 e. The van der Waals surface area contributed by atoms with E-state index >= 15 is 0 Å². The van der Waals surface area contributed by atoms with Gasteiger partial charge in [-0.2, -0.15) is 0 Å². The minimum absolute atomic E-state index is 0.0969. The van der Waals surface area contributed by atoms with Gasteiger partial charge in [-0.1, -0.05) is 12.1 Å². The first-order chi connectivity index (χ1) is 12.3. The number of aryl methyl sites for hydroxylation is 1. The second-order valence-electron chi connectivity index (χ2n) is 5.83. The standard InChI is InChI=1S/C18H19N3O5/c1-12-7-8-14(10-16(12)21(24)25)19-17(22)11-26-18(23)13-5-4-6-15(9-13)20(2)3/h4-10H,11H2,1-3H3,(H,19,22). The van der Waals surface area contributed by atoms with Crippen LogP contribution in [0.25, 0.3) is 0 Å². The van der Waals surface area contributed by atoms with Gasteiger partial charge in [0.2, 0.25) is 0 Å². The van der Waals surface area contributed by atoms with Gasteiger partial charge in [0.15, 0.2) is 6.61 Å². The smallest absolute Gasteiger partial charge is 0.338 e. The molecule has 0 aliphatic rings. The highest BCUT2D eigenvalue weighted by Crippen LogP contribution is 2.22. The Morgan fingerprint density at radius 1 is 1.19 bits per heavy atom. The number of nitro benzene ring substituents is 1. The molecule has 0 aromatic heterocycles. The number of amides is 1. The number of nitrogens with one attached hydrogen (secondary N) is 1. The second-order valence-corrected chi connectivity index (χ2v) is 5.83. The van der Waals surface area contributed by atoms with E-state index in [1.54, 1.807) is 31.2 Å². The van der Waals surface area contributed by atoms with Gasteiger partial charge in [0.25, 0.3) is 11.6 Å². The molecular formula is C18H19N3O5. The lowest BCUT2D eigenvalue weighted by Crippen LogP contribution is -2.21. The van der Waals surface area contributed by atoms with Crippen molar-refractivity contribution in [1.82, 2.24) is 0 Å². The van der Waals surface area contributed by atoms with Crippen molar-refractivity contribution in [2.24, 2.45) is 0 Å². The zero-order valence-electron chi connectivity index (χ0n) is 14.7. The van der Waals surface area contributed by atoms with Crippen molar-refractivity contribution in [3.63, 3.8) is 0 Å². The van der Waals surface area contributed by atoms with Gasteiger partial charge in [-0.3, -0.25) is 14.9 Å². The van der Waals surface area contributed by atoms with E-state index in [-0.39, 0.29) is 11.4 Å². The quantitative estimate of drug-likeness (QED) is 0.484. The van der Waals surface area contributed by atoms with Crippen LogP contribution in [-0.4, -0.2) is 37.5 Å². The van der Waals surface area contributed by atoms with Crippen LogP contribution in [0.5, 0.6) is 0 Å². The summed E-state index contributed by atoms with van der Waals surface area (Å²) in [5.74, 6) is -1.21. The van der Waals surface area contributed by atoms with Gasteiger partial charge in [-0.15, -0.1) is 0 Å². The molecule has 0 unspecified atom stereocenters. The SMILES string of the molecule is Cc1ccc(NC(=O)COC(=O)c2cccc(N(C)C)c2)cc1[N+](=O)[O-]. The maximum absolute atomic E-state index is 12.1. The number of esters is 1. The van der Waals surface area contributed by atoms with Crippen LogP contribution in [0.1, 0.15) is 15.9 Å². The van der Waals surface area contributed by atoms with Crippen LogP contribution in [0.3, 0.4) is 0 Å². The molecule has 0 fully saturated rings. The third kappa shape index (κ3) is 4.79. The summed E-state index contributed by atoms with van der Waals surface area (Å²) in [4.78, 5) is 36.2. The summed E-state index contributed by atoms with van der Waals surface area (Å²) in [5, 5.41) is 13.4. The fraction of sp³-hybridized carbons (Fsp3) is 0.222. The van der Waals surface area contributed by atoms with Crippen LogP contribution >= 0.6 is 0 Å². The Balaban J connectivity index is 1.96. The Morgan fingerprint density at radius 3 is 2.58 bits per heavy atom. The maximum atomic E-state index is 12.1. The van der Waals surface area contributed by atoms with Gasteiger partial charge >= 0.3 is 5.97 Å². The lowest BCUT2D eigenvalue weighted by Gasteiger charge is -2.13. The minimum atomic E-state index is -0.626. The van der Waals surface area contributed by atoms with Crippen LogP contribution in [0.15, 0.2) is 42.5 Å². The van der Waals surface area contributed by atoms with Gasteiger partial charge in [0, 0.05) is 37.1 Å². The third-order valence-electron chi connectivity index (χ3n) is 3.62. The predicted octanol–water partition coefficient (Wildman–Crippen LogP) is 2.76. The first-order valence-corrected chi connectivity index (χ1v) is 7.77. The number of rotatable bonds is 6. The van der Waals surface area contributed by atoms with E-state index in [0.717, 1.165) is 5.69 Å². The number of anilines is 2. The number of ether oxygens (including phenoxy) is 1. The van der Waals surface area contributed by atoms with E-state index in [9.17, 15) is 19.7 Å². The zero-order chi connectivity index (χ0) is 19.3. The highest BCUT2D eigenvalue weighted by atomic mass is 16.6. The van der Waals surface area contributed by atoms with Gasteiger partial charge in [0.1, 0.15) is 0 Å². The normalized spacial score (nSPS) is 10.1. The molecule has 0 saturated carbocycles. The number of nitrogens with zero attached hydrogens (tertiary/aromatic N) is 2. The molecule has 0 saturated heterocycles. The van der Waals surface area contributed by atoms with Crippen molar-refractivity contribution in [2.75, 3.05) is 30.9 Å². The van der Waals surface area contributed by atoms with E-state index in [0.29, 0.717) is 11.1 Å². The van der Waals surface area contributed by atoms with Gasteiger partial charge in [0.05, 0.1) is 10.5 Å². The lowest BCUT2D eigenvalue weighted by atomic mass is 10.2. The topological polar surface area (TPSA) is 102 Å². The molecule has 0 bridgehead atoms. The van der Waals surface area contributed by atoms with Gasteiger partial charge in [-0.05, 0) is 31.2 Å². The van der Waals surface area contributed by atoms with Crippen LogP contribution in [0, 0.1) is 17.0 Å². The summed E-state index contributed by atoms with van der Waals surface area (Å²) in [6.07, 6.45) is 0. The molecule has 1 amide bonds. The lowest BCUT2D eigenvalue weighted by molar-refractivity contribution is -0.385. The Kier molecular flexibility index (Phi) is 5.90. The van der Waals surface area contributed by atoms with Crippen molar-refractivity contribution in [1.29, 1.82) is 0 Å². The van der Waals surface area contributed by atoms with Crippen molar-refractivity contribution in [2.45, 2.75) is 6.92 Å². The average Bonchev–Trinajstić information content (AvgIpc) is 2.61. The molecule has 0 heterocycles. The molecule has 1 N–H and O–H groups in total. The maximum Gasteiger partial charge on any atom is 0.338 e. The molecule has 0 radical (unpaired) electrons. The average molecular weight is 357 g/mol. The molecule has 0 spiro atoms. The van der Waals surface area contributed by atoms with Crippen LogP contribution in [-0.2, 0) is 9.53 Å². The fourth-order valence-corrected chi connectivity index (χ4v) is 2.21. The highest BCUT2D eigenvalue weighted by Gasteiger charge is 2.14. The van der Waals surface area contributed by atoms with E-state index in [1.807, 2.05) is 25.1 Å². The van der Waals surface area contributed by atoms with Gasteiger partial charge < -0.3 is 15.0 Å². The van der Waals surface area contributed by atoms with Gasteiger partial charge in [-0.25, -0.2) is 4.79 Å². The summed E-state index contributed by atoms with van der Waals surface area (Å²) in [5.41, 5.74) is 1.81. The van der Waals surface area contributed by atoms with E-state index < -0.39 is 23.4 Å². The van der Waals surface area contributed by atoms with E-state index in [1.165, 1.54) is 12.1 Å². The van der Waals surface area contributed by atoms with E-state index in [2.05, 4.69) is 5.32 Å². The first kappa shape index (κ1) is 18.9. The second kappa shape index (κ2) is 8.11. The minimum Gasteiger partial charge on any atom is -0.452 e. The molecule has 8 nitrogen and oxygen atoms in total. The van der Waals surface area contributed by atoms with Crippen molar-refractivity contribution < 1.29 is 19.2 Å². The zero-order valence-corrected chi connectivity index (χ0v) is 14.7. The van der Waals surface area contributed by atoms with Crippen LogP contribution in [0.4, 0.5) is 17.1 Å². The molecule has 136 valence electrons. The Hall–Kier alpha value is -3.42. The Labute approximate surface area is 150 Å². The summed E-state index contributed by atoms with van der Waals surface area (Å²) in [6, 6.07) is 11.1. The summed E-state index contributed by atoms with van der Waals surface area (Å²) in [7, 11) is 3.69.